The van der Waals surface area contributed by atoms with Crippen molar-refractivity contribution in [1.82, 2.24) is 19.8 Å². The molecule has 3 rings (SSSR count). The minimum Gasteiger partial charge on any atom is -0.453 e. The molecule has 14 heteroatoms. The number of hydrogen-bond donors (Lipinski definition) is 4. The predicted molar refractivity (Wildman–Crippen MR) is 107 cm³/mol. The Morgan fingerprint density at radius 3 is 2.90 bits per heavy atom. The summed E-state index contributed by atoms with van der Waals surface area (Å²) in [5.74, 6) is -0.914. The predicted octanol–water partition coefficient (Wildman–Crippen LogP) is -1.61. The van der Waals surface area contributed by atoms with Gasteiger partial charge in [-0.3, -0.25) is 14.2 Å². The highest BCUT2D eigenvalue weighted by Gasteiger charge is 2.49. The quantitative estimate of drug-likeness (QED) is 0.275. The van der Waals surface area contributed by atoms with Gasteiger partial charge in [0.25, 0.3) is 0 Å². The highest BCUT2D eigenvalue weighted by Crippen LogP contribution is 2.34. The number of carbonyl (C=O) groups is 1. The Morgan fingerprint density at radius 2 is 2.27 bits per heavy atom. The molecule has 0 amide bonds. The number of carbonyl (C=O) groups excluding carboxylic acids is 1. The Balaban J connectivity index is 1.96. The Hall–Kier alpha value is -2.10. The van der Waals surface area contributed by atoms with E-state index in [0.29, 0.717) is 4.70 Å². The third kappa shape index (κ3) is 4.33. The third-order valence-corrected chi connectivity index (χ3v) is 5.54. The lowest BCUT2D eigenvalue weighted by atomic mass is 10.0. The van der Waals surface area contributed by atoms with Gasteiger partial charge in [0.2, 0.25) is 5.95 Å². The molecule has 2 aromatic heterocycles. The molecule has 0 bridgehead atoms. The molecule has 0 aliphatic carbocycles. The van der Waals surface area contributed by atoms with Gasteiger partial charge in [-0.15, -0.1) is 0 Å². The van der Waals surface area contributed by atoms with Crippen molar-refractivity contribution >= 4 is 41.2 Å². The molecule has 0 aromatic carbocycles. The molecule has 1 aliphatic rings. The average Bonchev–Trinajstić information content (AvgIpc) is 3.17. The standard InChI is InChI=1S/C16H23BN5O7S/c1-6(2)9(21-17-27-3)14(25)29-11-10(24)7(5-23)28-13(11)22-12-8(30-16(22)26)4-19-15(18)20-12/h4,6-7,9-11,13,21,23-24H,5H2,1-3H3,(H2,18,19,20)/t7-,9+,10+,11-,13-/m1/s1. The van der Waals surface area contributed by atoms with E-state index in [2.05, 4.69) is 15.2 Å². The zero-order valence-electron chi connectivity index (χ0n) is 16.6. The molecule has 163 valence electrons. The van der Waals surface area contributed by atoms with Crippen LogP contribution in [0.25, 0.3) is 10.3 Å². The van der Waals surface area contributed by atoms with E-state index in [1.54, 1.807) is 13.8 Å². The van der Waals surface area contributed by atoms with Crippen LogP contribution in [-0.2, 0) is 18.9 Å². The van der Waals surface area contributed by atoms with Gasteiger partial charge >= 0.3 is 18.5 Å². The molecule has 5 N–H and O–H groups in total. The summed E-state index contributed by atoms with van der Waals surface area (Å²) in [6.07, 6.45) is -3.52. The first-order valence-corrected chi connectivity index (χ1v) is 9.99. The van der Waals surface area contributed by atoms with E-state index < -0.39 is 48.0 Å². The van der Waals surface area contributed by atoms with Gasteiger partial charge < -0.3 is 35.3 Å². The maximum atomic E-state index is 12.8. The van der Waals surface area contributed by atoms with E-state index in [1.165, 1.54) is 20.9 Å². The molecule has 5 atom stereocenters. The first kappa shape index (κ1) is 22.6. The molecule has 1 aliphatic heterocycles. The Bertz CT molecular complexity index is 954. The second kappa shape index (κ2) is 9.37. The van der Waals surface area contributed by atoms with E-state index in [0.717, 1.165) is 15.9 Å². The summed E-state index contributed by atoms with van der Waals surface area (Å²) < 4.78 is 17.6. The van der Waals surface area contributed by atoms with Gasteiger partial charge in [-0.05, 0) is 5.92 Å². The van der Waals surface area contributed by atoms with Crippen LogP contribution in [0.4, 0.5) is 5.95 Å². The van der Waals surface area contributed by atoms with Gasteiger partial charge in [0, 0.05) is 7.11 Å². The molecule has 1 radical (unpaired) electrons. The first-order valence-electron chi connectivity index (χ1n) is 9.17. The van der Waals surface area contributed by atoms with Crippen molar-refractivity contribution in [2.45, 2.75) is 44.4 Å². The van der Waals surface area contributed by atoms with Gasteiger partial charge in [0.15, 0.2) is 18.0 Å². The number of anilines is 1. The Morgan fingerprint density at radius 1 is 1.53 bits per heavy atom. The second-order valence-electron chi connectivity index (χ2n) is 7.04. The fourth-order valence-electron chi connectivity index (χ4n) is 3.16. The number of aliphatic hydroxyl groups excluding tert-OH is 2. The van der Waals surface area contributed by atoms with Gasteiger partial charge in [-0.2, -0.15) is 4.98 Å². The molecule has 3 heterocycles. The maximum absolute atomic E-state index is 12.8. The van der Waals surface area contributed by atoms with Crippen LogP contribution in [-0.4, -0.2) is 76.4 Å². The van der Waals surface area contributed by atoms with Crippen LogP contribution in [0.15, 0.2) is 11.0 Å². The zero-order valence-corrected chi connectivity index (χ0v) is 17.4. The van der Waals surface area contributed by atoms with Crippen LogP contribution in [0.1, 0.15) is 20.1 Å². The summed E-state index contributed by atoms with van der Waals surface area (Å²) in [5.41, 5.74) is 5.83. The minimum atomic E-state index is -1.37. The lowest BCUT2D eigenvalue weighted by molar-refractivity contribution is -0.161. The fraction of sp³-hybridized carbons (Fsp3) is 0.625. The van der Waals surface area contributed by atoms with Crippen LogP contribution in [0.3, 0.4) is 0 Å². The number of nitrogen functional groups attached to an aromatic ring is 1. The van der Waals surface area contributed by atoms with Gasteiger partial charge in [0.1, 0.15) is 12.2 Å². The number of fused-ring (bicyclic) bond motifs is 1. The van der Waals surface area contributed by atoms with E-state index in [9.17, 15) is 19.8 Å². The van der Waals surface area contributed by atoms with Crippen LogP contribution in [0.2, 0.25) is 0 Å². The van der Waals surface area contributed by atoms with Crippen LogP contribution in [0.5, 0.6) is 0 Å². The van der Waals surface area contributed by atoms with Crippen molar-refractivity contribution in [2.75, 3.05) is 19.5 Å². The molecule has 0 unspecified atom stereocenters. The van der Waals surface area contributed by atoms with E-state index >= 15 is 0 Å². The molecule has 2 aromatic rings. The van der Waals surface area contributed by atoms with Crippen molar-refractivity contribution in [1.29, 1.82) is 0 Å². The Labute approximate surface area is 176 Å². The van der Waals surface area contributed by atoms with Crippen molar-refractivity contribution in [2.24, 2.45) is 5.92 Å². The van der Waals surface area contributed by atoms with Crippen molar-refractivity contribution in [3.8, 4) is 0 Å². The molecular weight excluding hydrogens is 417 g/mol. The summed E-state index contributed by atoms with van der Waals surface area (Å²) in [4.78, 5) is 32.9. The molecular formula is C16H23BN5O7S. The average molecular weight is 440 g/mol. The fourth-order valence-corrected chi connectivity index (χ4v) is 3.98. The second-order valence-corrected chi connectivity index (χ2v) is 8.03. The summed E-state index contributed by atoms with van der Waals surface area (Å²) in [6.45, 7) is 3.06. The lowest BCUT2D eigenvalue weighted by Gasteiger charge is -2.26. The summed E-state index contributed by atoms with van der Waals surface area (Å²) in [6, 6.07) is -0.778. The monoisotopic (exact) mass is 440 g/mol. The summed E-state index contributed by atoms with van der Waals surface area (Å²) >= 11 is 0.856. The SMILES string of the molecule is CO[B]N[C@H](C(=O)O[C@@H]1[C@@H](O)[C@@H](CO)O[C@H]1n1c(=O)sc2cnc(N)nc21)C(C)C. The molecule has 30 heavy (non-hydrogen) atoms. The number of nitrogens with two attached hydrogens (primary N) is 1. The first-order chi connectivity index (χ1) is 14.3. The number of thiazole rings is 1. The molecule has 1 fully saturated rings. The van der Waals surface area contributed by atoms with Crippen LogP contribution in [0, 0.1) is 5.92 Å². The Kier molecular flexibility index (Phi) is 7.05. The van der Waals surface area contributed by atoms with Crippen molar-refractivity contribution < 1.29 is 29.1 Å². The smallest absolute Gasteiger partial charge is 0.396 e. The molecule has 12 nitrogen and oxygen atoms in total. The number of aliphatic hydroxyl groups is 2. The van der Waals surface area contributed by atoms with Crippen molar-refractivity contribution in [3.05, 3.63) is 15.9 Å². The largest absolute Gasteiger partial charge is 0.453 e. The number of aromatic nitrogens is 3. The van der Waals surface area contributed by atoms with E-state index in [1.807, 2.05) is 0 Å². The third-order valence-electron chi connectivity index (χ3n) is 4.66. The summed E-state index contributed by atoms with van der Waals surface area (Å²) in [5, 5.41) is 22.9. The zero-order chi connectivity index (χ0) is 22.0. The normalized spacial score (nSPS) is 25.0. The number of ether oxygens (including phenoxy) is 2. The van der Waals surface area contributed by atoms with Gasteiger partial charge in [-0.1, -0.05) is 25.2 Å². The van der Waals surface area contributed by atoms with E-state index in [-0.39, 0.29) is 17.5 Å². The van der Waals surface area contributed by atoms with Crippen LogP contribution >= 0.6 is 11.3 Å². The number of rotatable bonds is 8. The number of esters is 1. The van der Waals surface area contributed by atoms with Gasteiger partial charge in [0.05, 0.1) is 23.5 Å². The molecule has 0 spiro atoms. The summed E-state index contributed by atoms with van der Waals surface area (Å²) in [7, 11) is 2.67. The number of nitrogens with one attached hydrogen (secondary N) is 1. The topological polar surface area (TPSA) is 171 Å². The maximum Gasteiger partial charge on any atom is 0.396 e. The highest BCUT2D eigenvalue weighted by atomic mass is 32.1. The minimum absolute atomic E-state index is 0.0565. The molecule has 1 saturated heterocycles. The van der Waals surface area contributed by atoms with Gasteiger partial charge in [-0.25, -0.2) is 4.98 Å². The highest BCUT2D eigenvalue weighted by molar-refractivity contribution is 7.16. The molecule has 0 saturated carbocycles. The van der Waals surface area contributed by atoms with Crippen LogP contribution < -0.4 is 15.8 Å². The number of nitrogens with zero attached hydrogens (tertiary/aromatic N) is 3. The number of hydrogen-bond acceptors (Lipinski definition) is 12. The van der Waals surface area contributed by atoms with Crippen molar-refractivity contribution in [3.63, 3.8) is 0 Å². The lowest BCUT2D eigenvalue weighted by Crippen LogP contribution is -2.48. The van der Waals surface area contributed by atoms with E-state index in [4.69, 9.17) is 19.9 Å².